The molecule has 7 nitrogen and oxygen atoms in total. The van der Waals surface area contributed by atoms with Gasteiger partial charge in [-0.05, 0) is 18.6 Å². The number of rotatable bonds is 3. The summed E-state index contributed by atoms with van der Waals surface area (Å²) >= 11 is 0. The van der Waals surface area contributed by atoms with Gasteiger partial charge in [0.2, 0.25) is 5.91 Å². The van der Waals surface area contributed by atoms with E-state index in [1.54, 1.807) is 13.0 Å². The Kier molecular flexibility index (Phi) is 3.88. The molecule has 0 bridgehead atoms. The van der Waals surface area contributed by atoms with Crippen LogP contribution in [0.1, 0.15) is 12.0 Å². The Morgan fingerprint density at radius 1 is 1.26 bits per heavy atom. The highest BCUT2D eigenvalue weighted by atomic mass is 19.1. The van der Waals surface area contributed by atoms with Gasteiger partial charge < -0.3 is 4.74 Å². The number of imide groups is 1. The molecular weight excluding hydrogens is 303 g/mol. The van der Waals surface area contributed by atoms with E-state index >= 15 is 0 Å². The van der Waals surface area contributed by atoms with Crippen molar-refractivity contribution in [3.05, 3.63) is 42.0 Å². The largest absolute Gasteiger partial charge is 0.424 e. The van der Waals surface area contributed by atoms with Crippen LogP contribution in [0.25, 0.3) is 0 Å². The highest BCUT2D eigenvalue weighted by Crippen LogP contribution is 2.24. The van der Waals surface area contributed by atoms with Crippen LogP contribution in [0, 0.1) is 12.7 Å². The van der Waals surface area contributed by atoms with Crippen molar-refractivity contribution in [2.45, 2.75) is 13.3 Å². The number of aryl methyl sites for hydroxylation is 1. The van der Waals surface area contributed by atoms with Gasteiger partial charge in [0.25, 0.3) is 0 Å². The fraction of sp³-hybridized carbons (Fsp3) is 0.200. The number of aromatic nitrogens is 2. The fourth-order valence-electron chi connectivity index (χ4n) is 2.09. The first-order valence-electron chi connectivity index (χ1n) is 6.90. The van der Waals surface area contributed by atoms with Gasteiger partial charge in [-0.3, -0.25) is 15.0 Å². The van der Waals surface area contributed by atoms with E-state index < -0.39 is 11.8 Å². The van der Waals surface area contributed by atoms with E-state index in [9.17, 15) is 14.0 Å². The first kappa shape index (κ1) is 14.9. The molecule has 0 saturated carbocycles. The van der Waals surface area contributed by atoms with Crippen LogP contribution in [0.4, 0.5) is 14.9 Å². The number of benzene rings is 1. The van der Waals surface area contributed by atoms with Crippen LogP contribution in [-0.2, 0) is 4.79 Å². The monoisotopic (exact) mass is 316 g/mol. The van der Waals surface area contributed by atoms with Crippen LogP contribution in [0.15, 0.2) is 30.6 Å². The van der Waals surface area contributed by atoms with Crippen LogP contribution in [0.2, 0.25) is 0 Å². The number of ether oxygens (including phenoxy) is 1. The van der Waals surface area contributed by atoms with Gasteiger partial charge in [0.05, 0.1) is 18.1 Å². The van der Waals surface area contributed by atoms with Crippen molar-refractivity contribution in [2.75, 3.05) is 11.4 Å². The van der Waals surface area contributed by atoms with Crippen molar-refractivity contribution in [3.63, 3.8) is 0 Å². The maximum absolute atomic E-state index is 13.2. The van der Waals surface area contributed by atoms with Crippen molar-refractivity contribution >= 4 is 17.6 Å². The zero-order valence-electron chi connectivity index (χ0n) is 12.2. The van der Waals surface area contributed by atoms with E-state index in [1.807, 2.05) is 0 Å². The molecule has 23 heavy (non-hydrogen) atoms. The summed E-state index contributed by atoms with van der Waals surface area (Å²) in [7, 11) is 0. The molecule has 1 aromatic heterocycles. The number of hydrogen-bond donors (Lipinski definition) is 1. The summed E-state index contributed by atoms with van der Waals surface area (Å²) in [5, 5.41) is 2.22. The lowest BCUT2D eigenvalue weighted by Gasteiger charge is -2.25. The molecule has 2 heterocycles. The second-order valence-electron chi connectivity index (χ2n) is 4.99. The molecule has 0 radical (unpaired) electrons. The van der Waals surface area contributed by atoms with Gasteiger partial charge in [-0.2, -0.15) is 0 Å². The van der Waals surface area contributed by atoms with Crippen LogP contribution >= 0.6 is 0 Å². The molecule has 3 rings (SSSR count). The summed E-state index contributed by atoms with van der Waals surface area (Å²) in [5.41, 5.74) is 1.19. The number of nitrogens with one attached hydrogen (secondary N) is 1. The molecule has 0 unspecified atom stereocenters. The number of urea groups is 1. The summed E-state index contributed by atoms with van der Waals surface area (Å²) in [5.74, 6) is -0.412. The molecule has 0 atom stereocenters. The summed E-state index contributed by atoms with van der Waals surface area (Å²) in [6, 6.07) is 3.70. The molecule has 1 aliphatic rings. The standard InChI is InChI=1S/C15H13FN4O3/c1-9-2-3-10(16)6-12(9)23-14-17-7-11(8-18-14)20-5-4-13(21)19-15(20)22/h2-3,6-8H,4-5H2,1H3,(H,19,21,22). The predicted octanol–water partition coefficient (Wildman–Crippen LogP) is 2.16. The van der Waals surface area contributed by atoms with E-state index in [0.717, 1.165) is 5.56 Å². The van der Waals surface area contributed by atoms with E-state index in [0.29, 0.717) is 11.4 Å². The maximum atomic E-state index is 13.2. The number of carbonyl (C=O) groups excluding carboxylic acids is 2. The van der Waals surface area contributed by atoms with Gasteiger partial charge >= 0.3 is 12.0 Å². The van der Waals surface area contributed by atoms with E-state index in [1.165, 1.54) is 29.4 Å². The summed E-state index contributed by atoms with van der Waals surface area (Å²) in [6.07, 6.45) is 3.03. The Bertz CT molecular complexity index is 764. The number of amides is 3. The lowest BCUT2D eigenvalue weighted by Crippen LogP contribution is -2.49. The Morgan fingerprint density at radius 2 is 2.00 bits per heavy atom. The molecule has 8 heteroatoms. The zero-order valence-corrected chi connectivity index (χ0v) is 12.2. The second kappa shape index (κ2) is 5.99. The highest BCUT2D eigenvalue weighted by molar-refractivity contribution is 6.05. The molecule has 1 aromatic carbocycles. The van der Waals surface area contributed by atoms with Crippen molar-refractivity contribution < 1.29 is 18.7 Å². The minimum Gasteiger partial charge on any atom is -0.424 e. The number of nitrogens with zero attached hydrogens (tertiary/aromatic N) is 3. The van der Waals surface area contributed by atoms with Crippen LogP contribution in [-0.4, -0.2) is 28.5 Å². The van der Waals surface area contributed by atoms with Crippen LogP contribution < -0.4 is 15.0 Å². The van der Waals surface area contributed by atoms with Crippen LogP contribution in [0.5, 0.6) is 11.8 Å². The molecule has 1 N–H and O–H groups in total. The molecule has 0 spiro atoms. The Hall–Kier alpha value is -3.03. The van der Waals surface area contributed by atoms with Gasteiger partial charge in [0, 0.05) is 19.0 Å². The molecule has 2 aromatic rings. The molecule has 0 aliphatic carbocycles. The summed E-state index contributed by atoms with van der Waals surface area (Å²) in [4.78, 5) is 32.2. The molecule has 118 valence electrons. The van der Waals surface area contributed by atoms with Gasteiger partial charge in [-0.25, -0.2) is 19.2 Å². The number of anilines is 1. The van der Waals surface area contributed by atoms with E-state index in [-0.39, 0.29) is 24.9 Å². The second-order valence-corrected chi connectivity index (χ2v) is 4.99. The molecular formula is C15H13FN4O3. The lowest BCUT2D eigenvalue weighted by atomic mass is 10.2. The third kappa shape index (κ3) is 3.25. The Morgan fingerprint density at radius 3 is 2.70 bits per heavy atom. The Labute approximate surface area is 131 Å². The average molecular weight is 316 g/mol. The quantitative estimate of drug-likeness (QED) is 0.938. The molecule has 1 aliphatic heterocycles. The average Bonchev–Trinajstić information content (AvgIpc) is 2.52. The van der Waals surface area contributed by atoms with Crippen molar-refractivity contribution in [1.82, 2.24) is 15.3 Å². The highest BCUT2D eigenvalue weighted by Gasteiger charge is 2.24. The number of halogens is 1. The van der Waals surface area contributed by atoms with Gasteiger partial charge in [0.15, 0.2) is 0 Å². The molecule has 1 saturated heterocycles. The van der Waals surface area contributed by atoms with Gasteiger partial charge in [0.1, 0.15) is 11.6 Å². The zero-order chi connectivity index (χ0) is 16.4. The first-order chi connectivity index (χ1) is 11.0. The van der Waals surface area contributed by atoms with E-state index in [4.69, 9.17) is 4.74 Å². The third-order valence-electron chi connectivity index (χ3n) is 3.33. The smallest absolute Gasteiger partial charge is 0.328 e. The third-order valence-corrected chi connectivity index (χ3v) is 3.33. The SMILES string of the molecule is Cc1ccc(F)cc1Oc1ncc(N2CCC(=O)NC2=O)cn1. The minimum absolute atomic E-state index is 0.0379. The predicted molar refractivity (Wildman–Crippen MR) is 78.7 cm³/mol. The topological polar surface area (TPSA) is 84.4 Å². The molecule has 3 amide bonds. The van der Waals surface area contributed by atoms with E-state index in [2.05, 4.69) is 15.3 Å². The Balaban J connectivity index is 1.76. The van der Waals surface area contributed by atoms with Gasteiger partial charge in [-0.1, -0.05) is 6.07 Å². The van der Waals surface area contributed by atoms with Crippen molar-refractivity contribution in [3.8, 4) is 11.8 Å². The summed E-state index contributed by atoms with van der Waals surface area (Å²) in [6.45, 7) is 2.04. The maximum Gasteiger partial charge on any atom is 0.328 e. The normalized spacial score (nSPS) is 14.6. The van der Waals surface area contributed by atoms with Crippen molar-refractivity contribution in [1.29, 1.82) is 0 Å². The van der Waals surface area contributed by atoms with Gasteiger partial charge in [-0.15, -0.1) is 0 Å². The fourth-order valence-corrected chi connectivity index (χ4v) is 2.09. The minimum atomic E-state index is -0.514. The first-order valence-corrected chi connectivity index (χ1v) is 6.90. The molecule has 1 fully saturated rings. The van der Waals surface area contributed by atoms with Crippen molar-refractivity contribution in [2.24, 2.45) is 0 Å². The lowest BCUT2D eigenvalue weighted by molar-refractivity contribution is -0.120. The number of hydrogen-bond acceptors (Lipinski definition) is 5. The number of carbonyl (C=O) groups is 2. The summed E-state index contributed by atoms with van der Waals surface area (Å²) < 4.78 is 18.7. The van der Waals surface area contributed by atoms with Crippen LogP contribution in [0.3, 0.4) is 0 Å².